The third-order valence-corrected chi connectivity index (χ3v) is 8.40. The fourth-order valence-electron chi connectivity index (χ4n) is 5.76. The van der Waals surface area contributed by atoms with Crippen LogP contribution in [-0.4, -0.2) is 188 Å². The van der Waals surface area contributed by atoms with Crippen molar-refractivity contribution in [2.24, 2.45) is 5.73 Å². The van der Waals surface area contributed by atoms with Gasteiger partial charge in [-0.1, -0.05) is 0 Å². The number of aliphatic hydroxyl groups excluding tert-OH is 7. The Bertz CT molecular complexity index is 1170. The zero-order valence-corrected chi connectivity index (χ0v) is 27.7. The number of carboxylic acids is 1. The second-order valence-electron chi connectivity index (χ2n) is 12.3. The average molecular weight is 729 g/mol. The molecule has 288 valence electrons. The largest absolute Gasteiger partial charge is 0.480 e. The summed E-state index contributed by atoms with van der Waals surface area (Å²) in [7, 11) is 0. The Morgan fingerprint density at radius 1 is 0.680 bits per heavy atom. The molecule has 0 aromatic carbocycles. The zero-order valence-electron chi connectivity index (χ0n) is 27.7. The van der Waals surface area contributed by atoms with Crippen molar-refractivity contribution in [2.75, 3.05) is 19.8 Å². The van der Waals surface area contributed by atoms with E-state index in [0.717, 1.165) is 20.8 Å². The molecular weight excluding hydrogens is 680 g/mol. The van der Waals surface area contributed by atoms with E-state index < -0.39 is 148 Å². The number of hydrogen-bond donors (Lipinski definition) is 12. The molecule has 3 fully saturated rings. The smallest absolute Gasteiger partial charge is 0.323 e. The van der Waals surface area contributed by atoms with Crippen LogP contribution in [0.1, 0.15) is 27.7 Å². The maximum Gasteiger partial charge on any atom is 0.323 e. The molecule has 0 unspecified atom stereocenters. The highest BCUT2D eigenvalue weighted by molar-refractivity contribution is 5.74. The number of carbonyl (C=O) groups is 4. The highest BCUT2D eigenvalue weighted by Gasteiger charge is 2.53. The molecule has 3 aliphatic rings. The zero-order chi connectivity index (χ0) is 37.6. The second-order valence-corrected chi connectivity index (χ2v) is 12.3. The van der Waals surface area contributed by atoms with Crippen molar-refractivity contribution < 1.29 is 88.5 Å². The summed E-state index contributed by atoms with van der Waals surface area (Å²) in [6.45, 7) is 2.37. The third kappa shape index (κ3) is 10.0. The molecule has 0 bridgehead atoms. The van der Waals surface area contributed by atoms with E-state index in [1.54, 1.807) is 0 Å². The van der Waals surface area contributed by atoms with Gasteiger partial charge < -0.3 is 91.0 Å². The maximum atomic E-state index is 12.4. The van der Waals surface area contributed by atoms with Gasteiger partial charge in [0.15, 0.2) is 18.9 Å². The molecule has 0 aromatic heterocycles. The van der Waals surface area contributed by atoms with Crippen molar-refractivity contribution in [1.82, 2.24) is 16.0 Å². The molecule has 22 heteroatoms. The topological polar surface area (TPSA) is 348 Å². The normalized spacial score (nSPS) is 40.3. The van der Waals surface area contributed by atoms with Crippen molar-refractivity contribution in [3.63, 3.8) is 0 Å². The van der Waals surface area contributed by atoms with Crippen molar-refractivity contribution in [2.45, 2.75) is 132 Å². The van der Waals surface area contributed by atoms with Gasteiger partial charge in [-0.25, -0.2) is 0 Å². The van der Waals surface area contributed by atoms with Crippen LogP contribution in [0.15, 0.2) is 0 Å². The summed E-state index contributed by atoms with van der Waals surface area (Å²) in [5.74, 6) is -3.49. The minimum Gasteiger partial charge on any atom is -0.480 e. The minimum absolute atomic E-state index is 0.645. The lowest BCUT2D eigenvalue weighted by molar-refractivity contribution is -0.339. The van der Waals surface area contributed by atoms with Crippen LogP contribution in [0.5, 0.6) is 0 Å². The van der Waals surface area contributed by atoms with Crippen LogP contribution in [0.2, 0.25) is 0 Å². The molecule has 3 saturated heterocycles. The van der Waals surface area contributed by atoms with E-state index in [1.807, 2.05) is 0 Å². The van der Waals surface area contributed by atoms with Crippen molar-refractivity contribution in [3.8, 4) is 0 Å². The molecule has 0 aliphatic carbocycles. The van der Waals surface area contributed by atoms with Gasteiger partial charge in [-0.15, -0.1) is 0 Å². The lowest BCUT2D eigenvalue weighted by Crippen LogP contribution is -2.70. The van der Waals surface area contributed by atoms with E-state index in [2.05, 4.69) is 16.0 Å². The Balaban J connectivity index is 2.00. The molecule has 50 heavy (non-hydrogen) atoms. The molecule has 0 aromatic rings. The Labute approximate surface area is 285 Å². The van der Waals surface area contributed by atoms with E-state index in [1.165, 1.54) is 6.92 Å². The molecule has 0 spiro atoms. The lowest BCUT2D eigenvalue weighted by Gasteiger charge is -2.49. The quantitative estimate of drug-likeness (QED) is 0.0790. The van der Waals surface area contributed by atoms with Gasteiger partial charge >= 0.3 is 5.97 Å². The highest BCUT2D eigenvalue weighted by Crippen LogP contribution is 2.32. The van der Waals surface area contributed by atoms with Gasteiger partial charge in [0.05, 0.1) is 25.9 Å². The van der Waals surface area contributed by atoms with Crippen LogP contribution in [-0.2, 0) is 47.6 Å². The molecule has 13 N–H and O–H groups in total. The van der Waals surface area contributed by atoms with Gasteiger partial charge in [0.25, 0.3) is 0 Å². The van der Waals surface area contributed by atoms with Crippen LogP contribution in [0.4, 0.5) is 0 Å². The maximum absolute atomic E-state index is 12.4. The summed E-state index contributed by atoms with van der Waals surface area (Å²) in [4.78, 5) is 47.9. The number of rotatable bonds is 14. The summed E-state index contributed by atoms with van der Waals surface area (Å²) in [5.41, 5.74) is 5.73. The van der Waals surface area contributed by atoms with Gasteiger partial charge in [-0.2, -0.15) is 0 Å². The number of nitrogens with two attached hydrogens (primary N) is 1. The first-order valence-corrected chi connectivity index (χ1v) is 15.7. The summed E-state index contributed by atoms with van der Waals surface area (Å²) < 4.78 is 34.8. The number of ether oxygens (including phenoxy) is 6. The second kappa shape index (κ2) is 18.2. The number of carbonyl (C=O) groups excluding carboxylic acids is 3. The molecular formula is C28H48N4O18. The minimum atomic E-state index is -1.83. The molecule has 3 amide bonds. The third-order valence-electron chi connectivity index (χ3n) is 8.40. The summed E-state index contributed by atoms with van der Waals surface area (Å²) in [6.07, 6.45) is -20.8. The van der Waals surface area contributed by atoms with E-state index in [-0.39, 0.29) is 0 Å². The van der Waals surface area contributed by atoms with E-state index >= 15 is 0 Å². The van der Waals surface area contributed by atoms with Crippen molar-refractivity contribution >= 4 is 23.7 Å². The van der Waals surface area contributed by atoms with E-state index in [0.29, 0.717) is 0 Å². The van der Waals surface area contributed by atoms with Crippen LogP contribution in [0, 0.1) is 0 Å². The van der Waals surface area contributed by atoms with Crippen LogP contribution in [0.3, 0.4) is 0 Å². The number of aliphatic carboxylic acids is 1. The summed E-state index contributed by atoms with van der Waals surface area (Å²) >= 11 is 0. The Hall–Kier alpha value is -2.68. The van der Waals surface area contributed by atoms with Gasteiger partial charge in [0, 0.05) is 20.8 Å². The number of hydrogen-bond acceptors (Lipinski definition) is 18. The Morgan fingerprint density at radius 2 is 1.12 bits per heavy atom. The molecule has 22 nitrogen and oxygen atoms in total. The van der Waals surface area contributed by atoms with Crippen molar-refractivity contribution in [1.29, 1.82) is 0 Å². The van der Waals surface area contributed by atoms with Crippen LogP contribution >= 0.6 is 0 Å². The van der Waals surface area contributed by atoms with Crippen LogP contribution in [0.25, 0.3) is 0 Å². The summed E-state index contributed by atoms with van der Waals surface area (Å²) in [5, 5.41) is 89.9. The van der Waals surface area contributed by atoms with E-state index in [9.17, 15) is 60.0 Å². The fraction of sp³-hybridized carbons (Fsp3) is 0.857. The molecule has 0 radical (unpaired) electrons. The van der Waals surface area contributed by atoms with Gasteiger partial charge in [0.1, 0.15) is 79.1 Å². The summed E-state index contributed by atoms with van der Waals surface area (Å²) in [6, 6.07) is -5.98. The van der Waals surface area contributed by atoms with Crippen molar-refractivity contribution in [3.05, 3.63) is 0 Å². The molecule has 3 heterocycles. The SMILES string of the molecule is CC(=O)N[C@@H]1[C@H](OC[C@@H]2O[C@H](O[C@H](C)[C@H](N)C(=O)O)[C@@H](NC(C)=O)[C@@H](O[C@@H]3O[C@@H](CO)[C@@H](O)[C@H](O)[C@@H]3NC(C)=O)[C@H]2O)O[C@@H](CO)[C@@H](O)[C@@H]1O. The number of amides is 3. The Morgan fingerprint density at radius 3 is 1.58 bits per heavy atom. The first kappa shape index (κ1) is 41.7. The van der Waals surface area contributed by atoms with Gasteiger partial charge in [-0.3, -0.25) is 19.2 Å². The van der Waals surface area contributed by atoms with Gasteiger partial charge in [0.2, 0.25) is 17.7 Å². The number of carboxylic acid groups (broad SMARTS) is 1. The molecule has 17 atom stereocenters. The highest BCUT2D eigenvalue weighted by atomic mass is 16.7. The van der Waals surface area contributed by atoms with E-state index in [4.69, 9.17) is 34.2 Å². The Kier molecular flexibility index (Phi) is 15.2. The fourth-order valence-corrected chi connectivity index (χ4v) is 5.76. The first-order chi connectivity index (χ1) is 23.4. The standard InChI is InChI=1S/C28H48N4O18/c1-8(15(29)25(43)44)46-28-18(32-11(4)37)24(50-27-17(31-10(3)36)23(42)20(39)13(6-34)48-27)21(40)14(49-28)7-45-26-16(30-9(2)35)22(41)19(38)12(5-33)47-26/h8,12-24,26-28,33-34,38-42H,5-7,29H2,1-4H3,(H,30,35)(H,31,36)(H,32,37)(H,43,44)/t8-,12+,13+,14+,15+,16+,17+,18+,19-,20-,21+,22-,23-,24-,26-,27+,28+/m1/s1. The predicted molar refractivity (Wildman–Crippen MR) is 160 cm³/mol. The number of aliphatic hydroxyl groups is 7. The first-order valence-electron chi connectivity index (χ1n) is 15.7. The molecule has 3 aliphatic heterocycles. The number of nitrogens with one attached hydrogen (secondary N) is 3. The average Bonchev–Trinajstić information content (AvgIpc) is 3.04. The molecule has 3 rings (SSSR count). The molecule has 0 saturated carbocycles. The predicted octanol–water partition coefficient (Wildman–Crippen LogP) is -7.32. The lowest BCUT2D eigenvalue weighted by atomic mass is 9.94. The van der Waals surface area contributed by atoms with Crippen LogP contribution < -0.4 is 21.7 Å². The monoisotopic (exact) mass is 728 g/mol. The van der Waals surface area contributed by atoms with Gasteiger partial charge in [-0.05, 0) is 6.92 Å².